The van der Waals surface area contributed by atoms with Crippen LogP contribution in [0.2, 0.25) is 0 Å². The maximum atomic E-state index is 12.2. The third-order valence-electron chi connectivity index (χ3n) is 3.19. The van der Waals surface area contributed by atoms with Gasteiger partial charge in [-0.3, -0.25) is 9.52 Å². The molecule has 6 nitrogen and oxygen atoms in total. The van der Waals surface area contributed by atoms with Crippen molar-refractivity contribution < 1.29 is 13.2 Å². The highest BCUT2D eigenvalue weighted by Crippen LogP contribution is 2.20. The predicted molar refractivity (Wildman–Crippen MR) is 99.7 cm³/mol. The molecule has 0 saturated heterocycles. The Morgan fingerprint density at radius 1 is 1.21 bits per heavy atom. The number of nitrogens with one attached hydrogen (secondary N) is 2. The number of likely N-dealkylation sites (N-methyl/N-ethyl adjacent to an activating group) is 2. The van der Waals surface area contributed by atoms with Crippen LogP contribution in [-0.4, -0.2) is 46.4 Å². The summed E-state index contributed by atoms with van der Waals surface area (Å²) in [5, 5.41) is 4.69. The molecule has 0 radical (unpaired) electrons. The van der Waals surface area contributed by atoms with Gasteiger partial charge in [0.25, 0.3) is 15.9 Å². The lowest BCUT2D eigenvalue weighted by molar-refractivity contribution is 0.0797. The van der Waals surface area contributed by atoms with Gasteiger partial charge in [-0.05, 0) is 42.8 Å². The monoisotopic (exact) mass is 389 g/mol. The highest BCUT2D eigenvalue weighted by molar-refractivity contribution is 7.94. The van der Waals surface area contributed by atoms with E-state index in [1.807, 2.05) is 7.05 Å². The quantitative estimate of drug-likeness (QED) is 0.761. The fourth-order valence-corrected chi connectivity index (χ4v) is 3.96. The Labute approximate surface area is 152 Å². The van der Waals surface area contributed by atoms with E-state index in [4.69, 9.17) is 0 Å². The molecule has 1 heterocycles. The van der Waals surface area contributed by atoms with Gasteiger partial charge >= 0.3 is 0 Å². The summed E-state index contributed by atoms with van der Waals surface area (Å²) in [5.74, 6) is -0.104. The summed E-state index contributed by atoms with van der Waals surface area (Å²) in [7, 11) is -0.0111. The van der Waals surface area contributed by atoms with Crippen LogP contribution in [0.15, 0.2) is 46.0 Å². The zero-order valence-electron chi connectivity index (χ0n) is 13.4. The van der Waals surface area contributed by atoms with Gasteiger partial charge in [-0.1, -0.05) is 6.07 Å². The van der Waals surface area contributed by atoms with Gasteiger partial charge in [0, 0.05) is 31.4 Å². The van der Waals surface area contributed by atoms with Crippen LogP contribution in [0.3, 0.4) is 0 Å². The van der Waals surface area contributed by atoms with Crippen LogP contribution >= 0.6 is 23.7 Å². The van der Waals surface area contributed by atoms with Crippen molar-refractivity contribution in [3.63, 3.8) is 0 Å². The van der Waals surface area contributed by atoms with Gasteiger partial charge in [0.05, 0.1) is 0 Å². The lowest BCUT2D eigenvalue weighted by Crippen LogP contribution is -2.32. The Bertz CT molecular complexity index is 747. The van der Waals surface area contributed by atoms with E-state index in [1.54, 1.807) is 53.7 Å². The Morgan fingerprint density at radius 2 is 1.88 bits per heavy atom. The molecule has 2 N–H and O–H groups in total. The number of amides is 1. The van der Waals surface area contributed by atoms with Crippen LogP contribution in [0.1, 0.15) is 10.4 Å². The minimum absolute atomic E-state index is 0. The topological polar surface area (TPSA) is 78.5 Å². The lowest BCUT2D eigenvalue weighted by Gasteiger charge is -2.17. The van der Waals surface area contributed by atoms with Crippen LogP contribution in [0, 0.1) is 0 Å². The molecule has 1 aromatic heterocycles. The number of sulfonamides is 1. The molecule has 0 aliphatic rings. The van der Waals surface area contributed by atoms with E-state index in [2.05, 4.69) is 10.0 Å². The lowest BCUT2D eigenvalue weighted by atomic mass is 10.2. The van der Waals surface area contributed by atoms with E-state index in [0.29, 0.717) is 24.3 Å². The second-order valence-electron chi connectivity index (χ2n) is 4.95. The van der Waals surface area contributed by atoms with Crippen LogP contribution in [0.25, 0.3) is 0 Å². The summed E-state index contributed by atoms with van der Waals surface area (Å²) in [6, 6.07) is 9.63. The number of carbonyl (C=O) groups is 1. The van der Waals surface area contributed by atoms with Crippen molar-refractivity contribution in [3.05, 3.63) is 47.3 Å². The minimum atomic E-state index is -3.57. The van der Waals surface area contributed by atoms with Crippen molar-refractivity contribution in [2.24, 2.45) is 0 Å². The zero-order chi connectivity index (χ0) is 16.9. The number of hydrogen-bond acceptors (Lipinski definition) is 5. The number of hydrogen-bond donors (Lipinski definition) is 2. The van der Waals surface area contributed by atoms with E-state index >= 15 is 0 Å². The third-order valence-corrected chi connectivity index (χ3v) is 5.97. The molecule has 0 atom stereocenters. The third kappa shape index (κ3) is 5.20. The molecule has 9 heteroatoms. The molecule has 0 saturated carbocycles. The number of rotatable bonds is 7. The van der Waals surface area contributed by atoms with E-state index in [-0.39, 0.29) is 22.5 Å². The van der Waals surface area contributed by atoms with Gasteiger partial charge in [-0.15, -0.1) is 23.7 Å². The molecule has 132 valence electrons. The van der Waals surface area contributed by atoms with Crippen molar-refractivity contribution in [1.29, 1.82) is 0 Å². The maximum absolute atomic E-state index is 12.2. The van der Waals surface area contributed by atoms with Crippen molar-refractivity contribution in [2.75, 3.05) is 31.9 Å². The largest absolute Gasteiger partial charge is 0.340 e. The standard InChI is InChI=1S/C15H19N3O3S2.ClH/c1-16-9-10-18(2)15(19)12-5-7-13(8-6-12)17-23(20,21)14-4-3-11-22-14;/h3-8,11,16-17H,9-10H2,1-2H3;1H. The van der Waals surface area contributed by atoms with Gasteiger partial charge < -0.3 is 10.2 Å². The number of thiophene rings is 1. The molecule has 0 fully saturated rings. The number of nitrogens with zero attached hydrogens (tertiary/aromatic N) is 1. The summed E-state index contributed by atoms with van der Waals surface area (Å²) in [6.45, 7) is 1.31. The maximum Gasteiger partial charge on any atom is 0.271 e. The first-order valence-electron chi connectivity index (χ1n) is 7.00. The SMILES string of the molecule is CNCCN(C)C(=O)c1ccc(NS(=O)(=O)c2cccs2)cc1.Cl. The average Bonchev–Trinajstić information content (AvgIpc) is 3.07. The molecule has 24 heavy (non-hydrogen) atoms. The summed E-state index contributed by atoms with van der Waals surface area (Å²) < 4.78 is 27.0. The van der Waals surface area contributed by atoms with E-state index < -0.39 is 10.0 Å². The highest BCUT2D eigenvalue weighted by Gasteiger charge is 2.16. The molecular formula is C15H20ClN3O3S2. The Balaban J connectivity index is 0.00000288. The summed E-state index contributed by atoms with van der Waals surface area (Å²) in [5.41, 5.74) is 0.940. The van der Waals surface area contributed by atoms with Gasteiger partial charge in [-0.25, -0.2) is 8.42 Å². The molecular weight excluding hydrogens is 370 g/mol. The van der Waals surface area contributed by atoms with Crippen molar-refractivity contribution >= 4 is 45.4 Å². The number of halogens is 1. The van der Waals surface area contributed by atoms with Gasteiger partial charge in [0.1, 0.15) is 4.21 Å². The molecule has 2 aromatic rings. The van der Waals surface area contributed by atoms with Gasteiger partial charge in [-0.2, -0.15) is 0 Å². The summed E-state index contributed by atoms with van der Waals surface area (Å²) in [4.78, 5) is 13.8. The van der Waals surface area contributed by atoms with Gasteiger partial charge in [0.2, 0.25) is 0 Å². The van der Waals surface area contributed by atoms with Gasteiger partial charge in [0.15, 0.2) is 0 Å². The number of anilines is 1. The first-order valence-corrected chi connectivity index (χ1v) is 9.37. The first-order chi connectivity index (χ1) is 10.9. The fraction of sp³-hybridized carbons (Fsp3) is 0.267. The van der Waals surface area contributed by atoms with E-state index in [1.165, 1.54) is 0 Å². The molecule has 2 rings (SSSR count). The van der Waals surface area contributed by atoms with E-state index in [0.717, 1.165) is 11.3 Å². The second kappa shape index (κ2) is 9.03. The van der Waals surface area contributed by atoms with Crippen molar-refractivity contribution in [1.82, 2.24) is 10.2 Å². The molecule has 0 spiro atoms. The minimum Gasteiger partial charge on any atom is -0.340 e. The number of benzene rings is 1. The molecule has 0 unspecified atom stereocenters. The fourth-order valence-electron chi connectivity index (χ4n) is 1.90. The zero-order valence-corrected chi connectivity index (χ0v) is 15.8. The van der Waals surface area contributed by atoms with E-state index in [9.17, 15) is 13.2 Å². The normalized spacial score (nSPS) is 10.8. The summed E-state index contributed by atoms with van der Waals surface area (Å²) >= 11 is 1.15. The van der Waals surface area contributed by atoms with Crippen LogP contribution in [0.4, 0.5) is 5.69 Å². The van der Waals surface area contributed by atoms with Crippen LogP contribution < -0.4 is 10.0 Å². The number of carbonyl (C=O) groups excluding carboxylic acids is 1. The molecule has 1 amide bonds. The highest BCUT2D eigenvalue weighted by atomic mass is 35.5. The second-order valence-corrected chi connectivity index (χ2v) is 7.80. The Kier molecular flexibility index (Phi) is 7.68. The molecule has 0 aliphatic heterocycles. The first kappa shape index (κ1) is 20.4. The molecule has 0 aliphatic carbocycles. The average molecular weight is 390 g/mol. The summed E-state index contributed by atoms with van der Waals surface area (Å²) in [6.07, 6.45) is 0. The van der Waals surface area contributed by atoms with Crippen molar-refractivity contribution in [2.45, 2.75) is 4.21 Å². The Hall–Kier alpha value is -1.61. The van der Waals surface area contributed by atoms with Crippen LogP contribution in [0.5, 0.6) is 0 Å². The Morgan fingerprint density at radius 3 is 2.42 bits per heavy atom. The smallest absolute Gasteiger partial charge is 0.271 e. The van der Waals surface area contributed by atoms with Crippen LogP contribution in [-0.2, 0) is 10.0 Å². The molecule has 1 aromatic carbocycles. The molecule has 0 bridgehead atoms. The predicted octanol–water partition coefficient (Wildman–Crippen LogP) is 2.26. The van der Waals surface area contributed by atoms with Crippen molar-refractivity contribution in [3.8, 4) is 0 Å².